The zero-order valence-electron chi connectivity index (χ0n) is 6.76. The van der Waals surface area contributed by atoms with Gasteiger partial charge in [-0.3, -0.25) is 14.9 Å². The fourth-order valence-corrected chi connectivity index (χ4v) is 1.06. The van der Waals surface area contributed by atoms with Crippen molar-refractivity contribution < 1.29 is 22.9 Å². The van der Waals surface area contributed by atoms with Crippen molar-refractivity contribution >= 4 is 22.5 Å². The van der Waals surface area contributed by atoms with Crippen LogP contribution >= 0.6 is 11.6 Å². The van der Waals surface area contributed by atoms with Gasteiger partial charge in [-0.2, -0.15) is 4.39 Å². The molecule has 0 heterocycles. The summed E-state index contributed by atoms with van der Waals surface area (Å²) in [7, 11) is 0. The monoisotopic (exact) mass is 239 g/mol. The van der Waals surface area contributed by atoms with E-state index >= 15 is 0 Å². The van der Waals surface area contributed by atoms with Gasteiger partial charge in [-0.15, -0.1) is 0 Å². The third kappa shape index (κ3) is 1.91. The maximum Gasteiger partial charge on any atom is 0.320 e. The van der Waals surface area contributed by atoms with Crippen LogP contribution in [0, 0.1) is 27.6 Å². The van der Waals surface area contributed by atoms with Crippen LogP contribution in [-0.4, -0.2) is 10.2 Å². The van der Waals surface area contributed by atoms with Gasteiger partial charge in [0.25, 0.3) is 5.24 Å². The highest BCUT2D eigenvalue weighted by Crippen LogP contribution is 2.28. The molecule has 0 fully saturated rings. The second-order valence-electron chi connectivity index (χ2n) is 2.41. The fourth-order valence-electron chi connectivity index (χ4n) is 0.914. The molecule has 0 radical (unpaired) electrons. The highest BCUT2D eigenvalue weighted by atomic mass is 35.5. The van der Waals surface area contributed by atoms with Crippen LogP contribution < -0.4 is 0 Å². The van der Waals surface area contributed by atoms with Gasteiger partial charge < -0.3 is 0 Å². The Bertz CT molecular complexity index is 463. The molecule has 0 amide bonds. The summed E-state index contributed by atoms with van der Waals surface area (Å²) in [5.74, 6) is -5.80. The number of halogens is 4. The van der Waals surface area contributed by atoms with E-state index in [0.29, 0.717) is 0 Å². The predicted molar refractivity (Wildman–Crippen MR) is 43.2 cm³/mol. The third-order valence-electron chi connectivity index (χ3n) is 1.53. The largest absolute Gasteiger partial charge is 0.320 e. The van der Waals surface area contributed by atoms with Crippen molar-refractivity contribution in [3.63, 3.8) is 0 Å². The number of carbonyl (C=O) groups excluding carboxylic acids is 1. The van der Waals surface area contributed by atoms with E-state index in [1.54, 1.807) is 0 Å². The van der Waals surface area contributed by atoms with Gasteiger partial charge in [0, 0.05) is 0 Å². The van der Waals surface area contributed by atoms with E-state index in [0.717, 1.165) is 0 Å². The quantitative estimate of drug-likeness (QED) is 0.345. The van der Waals surface area contributed by atoms with Gasteiger partial charge in [0.2, 0.25) is 11.6 Å². The van der Waals surface area contributed by atoms with Crippen LogP contribution in [0.1, 0.15) is 10.4 Å². The zero-order chi connectivity index (χ0) is 11.7. The first-order valence-electron chi connectivity index (χ1n) is 3.38. The summed E-state index contributed by atoms with van der Waals surface area (Å²) in [5.41, 5.74) is -2.51. The SMILES string of the molecule is O=C(Cl)c1cc(F)c(F)c(F)c1[N+](=O)[O-]. The standard InChI is InChI=1S/C7HClF3NO3/c8-7(13)2-1-3(9)4(10)5(11)6(2)12(14)15/h1H. The van der Waals surface area contributed by atoms with Gasteiger partial charge in [-0.1, -0.05) is 0 Å². The number of benzene rings is 1. The van der Waals surface area contributed by atoms with Crippen LogP contribution in [-0.2, 0) is 0 Å². The number of rotatable bonds is 2. The van der Waals surface area contributed by atoms with E-state index < -0.39 is 38.9 Å². The summed E-state index contributed by atoms with van der Waals surface area (Å²) in [5, 5.41) is 8.83. The van der Waals surface area contributed by atoms with Crippen molar-refractivity contribution in [2.75, 3.05) is 0 Å². The van der Waals surface area contributed by atoms with Crippen LogP contribution in [0.5, 0.6) is 0 Å². The molecule has 80 valence electrons. The first-order valence-corrected chi connectivity index (χ1v) is 3.75. The minimum absolute atomic E-state index is 0.172. The van der Waals surface area contributed by atoms with Gasteiger partial charge in [0.1, 0.15) is 5.56 Å². The van der Waals surface area contributed by atoms with Crippen LogP contribution in [0.15, 0.2) is 6.07 Å². The minimum atomic E-state index is -2.05. The van der Waals surface area contributed by atoms with Crippen molar-refractivity contribution in [1.82, 2.24) is 0 Å². The van der Waals surface area contributed by atoms with Crippen LogP contribution in [0.25, 0.3) is 0 Å². The predicted octanol–water partition coefficient (Wildman–Crippen LogP) is 2.39. The Labute approximate surface area is 85.4 Å². The fraction of sp³-hybridized carbons (Fsp3) is 0. The average molecular weight is 240 g/mol. The van der Waals surface area contributed by atoms with Gasteiger partial charge in [-0.05, 0) is 17.7 Å². The first-order chi connectivity index (χ1) is 6.86. The van der Waals surface area contributed by atoms with Gasteiger partial charge in [0.15, 0.2) is 5.82 Å². The molecule has 1 aromatic rings. The molecule has 0 aliphatic heterocycles. The molecule has 0 unspecified atom stereocenters. The Morgan fingerprint density at radius 3 is 2.27 bits per heavy atom. The lowest BCUT2D eigenvalue weighted by molar-refractivity contribution is -0.388. The van der Waals surface area contributed by atoms with Gasteiger partial charge >= 0.3 is 5.69 Å². The lowest BCUT2D eigenvalue weighted by atomic mass is 10.1. The Morgan fingerprint density at radius 2 is 1.87 bits per heavy atom. The lowest BCUT2D eigenvalue weighted by Gasteiger charge is -2.00. The van der Waals surface area contributed by atoms with E-state index in [4.69, 9.17) is 11.6 Å². The summed E-state index contributed by atoms with van der Waals surface area (Å²) in [4.78, 5) is 19.5. The van der Waals surface area contributed by atoms with Gasteiger partial charge in [-0.25, -0.2) is 8.78 Å². The molecule has 0 aliphatic carbocycles. The van der Waals surface area contributed by atoms with Crippen molar-refractivity contribution in [3.8, 4) is 0 Å². The number of carbonyl (C=O) groups is 1. The minimum Gasteiger partial charge on any atom is -0.275 e. The summed E-state index contributed by atoms with van der Waals surface area (Å²) in [6.45, 7) is 0. The van der Waals surface area contributed by atoms with Crippen molar-refractivity contribution in [1.29, 1.82) is 0 Å². The molecule has 8 heteroatoms. The summed E-state index contributed by atoms with van der Waals surface area (Å²) in [6, 6.07) is 0.172. The van der Waals surface area contributed by atoms with E-state index in [2.05, 4.69) is 0 Å². The van der Waals surface area contributed by atoms with E-state index in [1.165, 1.54) is 0 Å². The number of nitro groups is 1. The molecular formula is C7HClF3NO3. The highest BCUT2D eigenvalue weighted by molar-refractivity contribution is 6.68. The Morgan fingerprint density at radius 1 is 1.33 bits per heavy atom. The van der Waals surface area contributed by atoms with Crippen LogP contribution in [0.4, 0.5) is 18.9 Å². The summed E-state index contributed by atoms with van der Waals surface area (Å²) < 4.78 is 38.0. The normalized spacial score (nSPS) is 10.1. The Balaban J connectivity index is 3.65. The number of hydrogen-bond acceptors (Lipinski definition) is 3. The number of nitro benzene ring substituents is 1. The molecule has 1 aromatic carbocycles. The maximum absolute atomic E-state index is 12.9. The topological polar surface area (TPSA) is 60.2 Å². The molecule has 15 heavy (non-hydrogen) atoms. The van der Waals surface area contributed by atoms with Crippen molar-refractivity contribution in [3.05, 3.63) is 39.2 Å². The number of nitrogens with zero attached hydrogens (tertiary/aromatic N) is 1. The van der Waals surface area contributed by atoms with E-state index in [-0.39, 0.29) is 6.07 Å². The second kappa shape index (κ2) is 3.85. The smallest absolute Gasteiger partial charge is 0.275 e. The van der Waals surface area contributed by atoms with Crippen molar-refractivity contribution in [2.24, 2.45) is 0 Å². The molecular weight excluding hydrogens is 239 g/mol. The summed E-state index contributed by atoms with van der Waals surface area (Å²) >= 11 is 4.85. The summed E-state index contributed by atoms with van der Waals surface area (Å²) in [6.07, 6.45) is 0. The number of hydrogen-bond donors (Lipinski definition) is 0. The third-order valence-corrected chi connectivity index (χ3v) is 1.73. The lowest BCUT2D eigenvalue weighted by Crippen LogP contribution is -2.05. The second-order valence-corrected chi connectivity index (χ2v) is 2.76. The van der Waals surface area contributed by atoms with Gasteiger partial charge in [0.05, 0.1) is 4.92 Å². The first kappa shape index (κ1) is 11.4. The molecule has 0 saturated carbocycles. The highest BCUT2D eigenvalue weighted by Gasteiger charge is 2.30. The maximum atomic E-state index is 12.9. The Kier molecular flexibility index (Phi) is 2.94. The van der Waals surface area contributed by atoms with E-state index in [1.807, 2.05) is 0 Å². The Hall–Kier alpha value is -1.63. The van der Waals surface area contributed by atoms with Crippen LogP contribution in [0.3, 0.4) is 0 Å². The molecule has 0 bridgehead atoms. The molecule has 0 atom stereocenters. The molecule has 0 N–H and O–H groups in total. The zero-order valence-corrected chi connectivity index (χ0v) is 7.52. The average Bonchev–Trinajstić information content (AvgIpc) is 2.12. The molecule has 0 spiro atoms. The molecule has 4 nitrogen and oxygen atoms in total. The molecule has 0 aliphatic rings. The molecule has 0 saturated heterocycles. The van der Waals surface area contributed by atoms with E-state index in [9.17, 15) is 28.1 Å². The van der Waals surface area contributed by atoms with Crippen molar-refractivity contribution in [2.45, 2.75) is 0 Å². The molecule has 0 aromatic heterocycles. The van der Waals surface area contributed by atoms with Crippen LogP contribution in [0.2, 0.25) is 0 Å². The molecule has 1 rings (SSSR count).